The number of ether oxygens (including phenoxy) is 2. The van der Waals surface area contributed by atoms with Crippen LogP contribution in [0.2, 0.25) is 5.02 Å². The highest BCUT2D eigenvalue weighted by molar-refractivity contribution is 6.30. The summed E-state index contributed by atoms with van der Waals surface area (Å²) >= 11 is 5.87. The van der Waals surface area contributed by atoms with E-state index in [1.165, 1.54) is 7.11 Å². The van der Waals surface area contributed by atoms with Gasteiger partial charge >= 0.3 is 5.97 Å². The predicted molar refractivity (Wildman–Crippen MR) is 78.9 cm³/mol. The molecule has 0 saturated heterocycles. The molecule has 2 aromatic carbocycles. The fourth-order valence-corrected chi connectivity index (χ4v) is 1.86. The maximum Gasteiger partial charge on any atom is 0.313 e. The smallest absolute Gasteiger partial charge is 0.313 e. The quantitative estimate of drug-likeness (QED) is 0.478. The number of benzene rings is 2. The Morgan fingerprint density at radius 3 is 2.38 bits per heavy atom. The molecule has 0 heterocycles. The normalized spacial score (nSPS) is 10.0. The molecule has 0 aliphatic carbocycles. The van der Waals surface area contributed by atoms with E-state index in [0.717, 1.165) is 0 Å². The van der Waals surface area contributed by atoms with Crippen molar-refractivity contribution in [1.82, 2.24) is 0 Å². The molecule has 0 atom stereocenters. The number of hydrogen-bond acceptors (Lipinski definition) is 4. The first kappa shape index (κ1) is 15.1. The molecule has 0 bridgehead atoms. The Kier molecular flexibility index (Phi) is 4.95. The average Bonchev–Trinajstić information content (AvgIpc) is 2.47. The zero-order chi connectivity index (χ0) is 15.2. The van der Waals surface area contributed by atoms with Gasteiger partial charge in [-0.05, 0) is 42.5 Å². The molecule has 0 amide bonds. The summed E-state index contributed by atoms with van der Waals surface area (Å²) in [5.41, 5.74) is 0.429. The van der Waals surface area contributed by atoms with E-state index in [1.54, 1.807) is 48.5 Å². The van der Waals surface area contributed by atoms with Crippen molar-refractivity contribution in [2.75, 3.05) is 7.11 Å². The first-order valence-electron chi connectivity index (χ1n) is 6.22. The molecule has 0 N–H and O–H groups in total. The van der Waals surface area contributed by atoms with Gasteiger partial charge in [0.2, 0.25) is 0 Å². The highest BCUT2D eigenvalue weighted by Gasteiger charge is 2.12. The van der Waals surface area contributed by atoms with Gasteiger partial charge < -0.3 is 9.47 Å². The minimum absolute atomic E-state index is 0.273. The van der Waals surface area contributed by atoms with Crippen molar-refractivity contribution in [1.29, 1.82) is 0 Å². The van der Waals surface area contributed by atoms with Crippen LogP contribution in [0.1, 0.15) is 16.8 Å². The highest BCUT2D eigenvalue weighted by atomic mass is 35.5. The number of methoxy groups -OCH3 is 1. The maximum atomic E-state index is 11.8. The standard InChI is InChI=1S/C16H13ClO4/c1-20-16(19)10-15(18)11-5-7-13(8-6-11)21-14-4-2-3-12(17)9-14/h2-9H,10H2,1H3. The van der Waals surface area contributed by atoms with Crippen LogP contribution in [0, 0.1) is 0 Å². The molecule has 0 aliphatic rings. The van der Waals surface area contributed by atoms with Gasteiger partial charge in [0, 0.05) is 10.6 Å². The molecular formula is C16H13ClO4. The molecule has 0 saturated carbocycles. The number of rotatable bonds is 5. The van der Waals surface area contributed by atoms with E-state index in [0.29, 0.717) is 22.1 Å². The van der Waals surface area contributed by atoms with Gasteiger partial charge in [-0.2, -0.15) is 0 Å². The zero-order valence-electron chi connectivity index (χ0n) is 11.3. The highest BCUT2D eigenvalue weighted by Crippen LogP contribution is 2.24. The van der Waals surface area contributed by atoms with E-state index in [4.69, 9.17) is 16.3 Å². The zero-order valence-corrected chi connectivity index (χ0v) is 12.1. The third kappa shape index (κ3) is 4.33. The Bertz CT molecular complexity index is 650. The number of halogens is 1. The minimum Gasteiger partial charge on any atom is -0.469 e. The predicted octanol–water partition coefficient (Wildman–Crippen LogP) is 3.88. The number of esters is 1. The van der Waals surface area contributed by atoms with E-state index >= 15 is 0 Å². The van der Waals surface area contributed by atoms with Crippen molar-refractivity contribution in [3.05, 3.63) is 59.1 Å². The topological polar surface area (TPSA) is 52.6 Å². The molecule has 0 radical (unpaired) electrons. The Hall–Kier alpha value is -2.33. The molecule has 2 aromatic rings. The molecule has 4 nitrogen and oxygen atoms in total. The van der Waals surface area contributed by atoms with Gasteiger partial charge in [0.25, 0.3) is 0 Å². The van der Waals surface area contributed by atoms with Crippen LogP contribution in [0.3, 0.4) is 0 Å². The van der Waals surface area contributed by atoms with Crippen LogP contribution < -0.4 is 4.74 Å². The van der Waals surface area contributed by atoms with Gasteiger partial charge in [0.15, 0.2) is 5.78 Å². The largest absolute Gasteiger partial charge is 0.469 e. The van der Waals surface area contributed by atoms with Crippen LogP contribution >= 0.6 is 11.6 Å². The monoisotopic (exact) mass is 304 g/mol. The van der Waals surface area contributed by atoms with Gasteiger partial charge in [-0.1, -0.05) is 17.7 Å². The van der Waals surface area contributed by atoms with Crippen molar-refractivity contribution in [3.63, 3.8) is 0 Å². The Labute approximate surface area is 127 Å². The molecule has 21 heavy (non-hydrogen) atoms. The minimum atomic E-state index is -0.556. The number of carbonyl (C=O) groups excluding carboxylic acids is 2. The number of Topliss-reactive ketones (excluding diaryl/α,β-unsaturated/α-hetero) is 1. The Morgan fingerprint density at radius 2 is 1.76 bits per heavy atom. The summed E-state index contributed by atoms with van der Waals surface area (Å²) in [6.45, 7) is 0. The van der Waals surface area contributed by atoms with Gasteiger partial charge in [0.05, 0.1) is 7.11 Å². The Balaban J connectivity index is 2.05. The van der Waals surface area contributed by atoms with Crippen LogP contribution in [-0.2, 0) is 9.53 Å². The Morgan fingerprint density at radius 1 is 1.05 bits per heavy atom. The molecule has 108 valence electrons. The molecule has 0 unspecified atom stereocenters. The lowest BCUT2D eigenvalue weighted by Gasteiger charge is -2.06. The van der Waals surface area contributed by atoms with Gasteiger partial charge in [-0.25, -0.2) is 0 Å². The number of ketones is 1. The van der Waals surface area contributed by atoms with Gasteiger partial charge in [-0.15, -0.1) is 0 Å². The third-order valence-corrected chi connectivity index (χ3v) is 2.98. The number of hydrogen-bond donors (Lipinski definition) is 0. The molecule has 0 fully saturated rings. The molecule has 5 heteroatoms. The maximum absolute atomic E-state index is 11.8. The summed E-state index contributed by atoms with van der Waals surface area (Å²) in [6, 6.07) is 13.5. The van der Waals surface area contributed by atoms with Crippen LogP contribution in [0.5, 0.6) is 11.5 Å². The van der Waals surface area contributed by atoms with Crippen molar-refractivity contribution < 1.29 is 19.1 Å². The number of carbonyl (C=O) groups is 2. The summed E-state index contributed by atoms with van der Waals surface area (Å²) in [7, 11) is 1.25. The van der Waals surface area contributed by atoms with Gasteiger partial charge in [0.1, 0.15) is 17.9 Å². The summed E-state index contributed by atoms with van der Waals surface area (Å²) < 4.78 is 10.1. The van der Waals surface area contributed by atoms with E-state index in [1.807, 2.05) is 0 Å². The van der Waals surface area contributed by atoms with E-state index in [2.05, 4.69) is 4.74 Å². The van der Waals surface area contributed by atoms with Crippen LogP contribution in [-0.4, -0.2) is 18.9 Å². The summed E-state index contributed by atoms with van der Waals surface area (Å²) in [4.78, 5) is 22.8. The van der Waals surface area contributed by atoms with Gasteiger partial charge in [-0.3, -0.25) is 9.59 Å². The van der Waals surface area contributed by atoms with Crippen LogP contribution in [0.15, 0.2) is 48.5 Å². The van der Waals surface area contributed by atoms with Crippen molar-refractivity contribution >= 4 is 23.4 Å². The van der Waals surface area contributed by atoms with E-state index in [9.17, 15) is 9.59 Å². The fraction of sp³-hybridized carbons (Fsp3) is 0.125. The SMILES string of the molecule is COC(=O)CC(=O)c1ccc(Oc2cccc(Cl)c2)cc1. The second kappa shape index (κ2) is 6.90. The molecular weight excluding hydrogens is 292 g/mol. The summed E-state index contributed by atoms with van der Waals surface area (Å²) in [6.07, 6.45) is -0.273. The summed E-state index contributed by atoms with van der Waals surface area (Å²) in [5, 5.41) is 0.581. The lowest BCUT2D eigenvalue weighted by Crippen LogP contribution is -2.09. The first-order valence-corrected chi connectivity index (χ1v) is 6.60. The lowest BCUT2D eigenvalue weighted by atomic mass is 10.1. The second-order valence-corrected chi connectivity index (χ2v) is 4.70. The van der Waals surface area contributed by atoms with Crippen molar-refractivity contribution in [3.8, 4) is 11.5 Å². The third-order valence-electron chi connectivity index (χ3n) is 2.74. The average molecular weight is 305 g/mol. The molecule has 0 aliphatic heterocycles. The van der Waals surface area contributed by atoms with E-state index < -0.39 is 5.97 Å². The van der Waals surface area contributed by atoms with Crippen molar-refractivity contribution in [2.45, 2.75) is 6.42 Å². The van der Waals surface area contributed by atoms with Crippen molar-refractivity contribution in [2.24, 2.45) is 0 Å². The molecule has 0 spiro atoms. The fourth-order valence-electron chi connectivity index (χ4n) is 1.68. The summed E-state index contributed by atoms with van der Waals surface area (Å²) in [5.74, 6) is 0.332. The van der Waals surface area contributed by atoms with Crippen LogP contribution in [0.4, 0.5) is 0 Å². The second-order valence-electron chi connectivity index (χ2n) is 4.26. The first-order chi connectivity index (χ1) is 10.1. The molecule has 2 rings (SSSR count). The molecule has 0 aromatic heterocycles. The lowest BCUT2D eigenvalue weighted by molar-refractivity contribution is -0.139. The van der Waals surface area contributed by atoms with E-state index in [-0.39, 0.29) is 12.2 Å². The van der Waals surface area contributed by atoms with Crippen LogP contribution in [0.25, 0.3) is 0 Å².